The fraction of sp³-hybridized carbons (Fsp3) is 0.581. The van der Waals surface area contributed by atoms with Crippen molar-refractivity contribution < 1.29 is 0 Å². The molecule has 0 heteroatoms. The molecule has 2 saturated carbocycles. The van der Waals surface area contributed by atoms with E-state index in [9.17, 15) is 0 Å². The Bertz CT molecular complexity index is 1580. The van der Waals surface area contributed by atoms with E-state index in [1.165, 1.54) is 22.3 Å². The molecule has 0 spiro atoms. The monoisotopic (exact) mass is 574 g/mol. The van der Waals surface area contributed by atoms with Crippen molar-refractivity contribution in [2.24, 2.45) is 49.2 Å². The molecule has 0 N–H and O–H groups in total. The summed E-state index contributed by atoms with van der Waals surface area (Å²) >= 11 is 0. The molecular formula is C43H58. The van der Waals surface area contributed by atoms with Crippen molar-refractivity contribution in [3.8, 4) is 0 Å². The topological polar surface area (TPSA) is 0 Å². The summed E-state index contributed by atoms with van der Waals surface area (Å²) in [4.78, 5) is 0. The van der Waals surface area contributed by atoms with Gasteiger partial charge in [-0.1, -0.05) is 160 Å². The van der Waals surface area contributed by atoms with Crippen LogP contribution in [0.2, 0.25) is 0 Å². The lowest BCUT2D eigenvalue weighted by Gasteiger charge is -2.79. The summed E-state index contributed by atoms with van der Waals surface area (Å²) < 4.78 is 0. The molecule has 0 bridgehead atoms. The van der Waals surface area contributed by atoms with Crippen LogP contribution < -0.4 is 0 Å². The van der Waals surface area contributed by atoms with E-state index < -0.39 is 0 Å². The summed E-state index contributed by atoms with van der Waals surface area (Å²) in [5.41, 5.74) is 10.5. The van der Waals surface area contributed by atoms with E-state index in [-0.39, 0.29) is 43.3 Å². The predicted octanol–water partition coefficient (Wildman–Crippen LogP) is 12.2. The molecule has 6 aliphatic carbocycles. The Labute approximate surface area is 264 Å². The van der Waals surface area contributed by atoms with Gasteiger partial charge in [-0.2, -0.15) is 0 Å². The maximum atomic E-state index is 2.71. The van der Waals surface area contributed by atoms with Gasteiger partial charge in [0.05, 0.1) is 0 Å². The Hall–Kier alpha value is -2.34. The molecule has 0 aromatic rings. The molecule has 6 aliphatic rings. The quantitative estimate of drug-likeness (QED) is 0.308. The molecule has 2 fully saturated rings. The molecule has 0 nitrogen and oxygen atoms in total. The Morgan fingerprint density at radius 1 is 0.767 bits per heavy atom. The van der Waals surface area contributed by atoms with Crippen LogP contribution in [0.15, 0.2) is 106 Å². The minimum atomic E-state index is -0.0927. The third kappa shape index (κ3) is 3.06. The van der Waals surface area contributed by atoms with Gasteiger partial charge < -0.3 is 0 Å². The van der Waals surface area contributed by atoms with Crippen molar-refractivity contribution in [2.75, 3.05) is 0 Å². The number of rotatable bonds is 2. The average Bonchev–Trinajstić information content (AvgIpc) is 3.45. The Kier molecular flexibility index (Phi) is 6.19. The first-order valence-electron chi connectivity index (χ1n) is 17.0. The lowest BCUT2D eigenvalue weighted by molar-refractivity contribution is -0.261. The van der Waals surface area contributed by atoms with Gasteiger partial charge in [-0.05, 0) is 72.2 Å². The Morgan fingerprint density at radius 2 is 1.28 bits per heavy atom. The Balaban J connectivity index is 1.72. The van der Waals surface area contributed by atoms with E-state index in [4.69, 9.17) is 0 Å². The summed E-state index contributed by atoms with van der Waals surface area (Å²) in [5.74, 6) is 0.463. The van der Waals surface area contributed by atoms with Crippen LogP contribution in [0, 0.1) is 49.2 Å². The highest BCUT2D eigenvalue weighted by atomic mass is 14.9. The van der Waals surface area contributed by atoms with E-state index in [2.05, 4.69) is 164 Å². The highest BCUT2D eigenvalue weighted by molar-refractivity contribution is 5.68. The van der Waals surface area contributed by atoms with E-state index in [1.807, 2.05) is 0 Å². The van der Waals surface area contributed by atoms with E-state index in [1.54, 1.807) is 16.7 Å². The third-order valence-corrected chi connectivity index (χ3v) is 15.6. The molecule has 8 unspecified atom stereocenters. The van der Waals surface area contributed by atoms with Crippen molar-refractivity contribution in [2.45, 2.75) is 110 Å². The SMILES string of the molecule is CCC1C=C(C(C)(C)C)C=C1C1=C(C)C2(C)C(=CC1=C(C)C)CC1(C)C3(C)C=CC=CC3(C)C3(C)C=CC=CC3(C)C21C. The largest absolute Gasteiger partial charge is 0.0771 e. The standard InChI is InChI=1S/C43H58/c1-15-30-24-31(36(5,6)7)25-34(30)35-29(4)42(13)32(26-33(35)28(2)3)27-41(12)39(10)22-17-16-20-37(39,8)38(9)21-18-19-23-40(38,11)43(41,42)14/h16-26,30H,15,27H2,1-14H3. The Morgan fingerprint density at radius 3 is 1.79 bits per heavy atom. The van der Waals surface area contributed by atoms with Crippen molar-refractivity contribution >= 4 is 0 Å². The molecule has 43 heavy (non-hydrogen) atoms. The van der Waals surface area contributed by atoms with Gasteiger partial charge in [-0.3, -0.25) is 0 Å². The van der Waals surface area contributed by atoms with Crippen molar-refractivity contribution in [3.63, 3.8) is 0 Å². The first kappa shape index (κ1) is 30.7. The molecule has 0 aliphatic heterocycles. The first-order chi connectivity index (χ1) is 19.8. The smallest absolute Gasteiger partial charge is 0.0170 e. The molecule has 0 radical (unpaired) electrons. The molecule has 0 aromatic carbocycles. The van der Waals surface area contributed by atoms with Gasteiger partial charge in [0.15, 0.2) is 0 Å². The van der Waals surface area contributed by atoms with Crippen molar-refractivity contribution in [3.05, 3.63) is 106 Å². The molecule has 230 valence electrons. The van der Waals surface area contributed by atoms with Gasteiger partial charge in [0, 0.05) is 33.0 Å². The average molecular weight is 575 g/mol. The molecule has 0 amide bonds. The van der Waals surface area contributed by atoms with E-state index >= 15 is 0 Å². The summed E-state index contributed by atoms with van der Waals surface area (Å²) in [5, 5.41) is 0. The van der Waals surface area contributed by atoms with Crippen LogP contribution in [0.1, 0.15) is 110 Å². The summed E-state index contributed by atoms with van der Waals surface area (Å²) in [7, 11) is 0. The van der Waals surface area contributed by atoms with Gasteiger partial charge in [0.25, 0.3) is 0 Å². The van der Waals surface area contributed by atoms with Crippen LogP contribution in [0.3, 0.4) is 0 Å². The number of fused-ring (bicyclic) bond motifs is 8. The van der Waals surface area contributed by atoms with E-state index in [0.717, 1.165) is 12.8 Å². The molecular weight excluding hydrogens is 516 g/mol. The highest BCUT2D eigenvalue weighted by Crippen LogP contribution is 2.89. The first-order valence-corrected chi connectivity index (χ1v) is 17.0. The van der Waals surface area contributed by atoms with Gasteiger partial charge in [-0.15, -0.1) is 0 Å². The second-order valence-corrected chi connectivity index (χ2v) is 17.6. The fourth-order valence-corrected chi connectivity index (χ4v) is 11.9. The summed E-state index contributed by atoms with van der Waals surface area (Å²) in [6, 6.07) is 0. The van der Waals surface area contributed by atoms with Crippen molar-refractivity contribution in [1.82, 2.24) is 0 Å². The molecule has 8 atom stereocenters. The van der Waals surface area contributed by atoms with Crippen LogP contribution in [0.4, 0.5) is 0 Å². The zero-order valence-electron chi connectivity index (χ0n) is 29.8. The third-order valence-electron chi connectivity index (χ3n) is 15.6. The van der Waals surface area contributed by atoms with Crippen LogP contribution in [0.5, 0.6) is 0 Å². The maximum absolute atomic E-state index is 2.71. The second-order valence-electron chi connectivity index (χ2n) is 17.6. The zero-order chi connectivity index (χ0) is 31.8. The zero-order valence-corrected chi connectivity index (χ0v) is 29.8. The fourth-order valence-electron chi connectivity index (χ4n) is 11.9. The van der Waals surface area contributed by atoms with Gasteiger partial charge in [0.1, 0.15) is 0 Å². The van der Waals surface area contributed by atoms with Crippen LogP contribution in [-0.4, -0.2) is 0 Å². The van der Waals surface area contributed by atoms with Crippen LogP contribution in [0.25, 0.3) is 0 Å². The minimum Gasteiger partial charge on any atom is -0.0771 e. The minimum absolute atomic E-state index is 0.0207. The molecule has 0 aromatic heterocycles. The van der Waals surface area contributed by atoms with Gasteiger partial charge >= 0.3 is 0 Å². The van der Waals surface area contributed by atoms with Crippen LogP contribution >= 0.6 is 0 Å². The lowest BCUT2D eigenvalue weighted by Crippen LogP contribution is -2.74. The second kappa shape index (κ2) is 8.68. The maximum Gasteiger partial charge on any atom is 0.0170 e. The number of hydrogen-bond acceptors (Lipinski definition) is 0. The number of allylic oxidation sites excluding steroid dienone is 18. The van der Waals surface area contributed by atoms with Gasteiger partial charge in [-0.25, -0.2) is 0 Å². The summed E-state index contributed by atoms with van der Waals surface area (Å²) in [6.45, 7) is 35.1. The summed E-state index contributed by atoms with van der Waals surface area (Å²) in [6.07, 6.45) is 29.9. The molecule has 0 heterocycles. The highest BCUT2D eigenvalue weighted by Gasteiger charge is 2.84. The lowest BCUT2D eigenvalue weighted by atomic mass is 9.24. The van der Waals surface area contributed by atoms with Gasteiger partial charge in [0.2, 0.25) is 0 Å². The predicted molar refractivity (Wildman–Crippen MR) is 186 cm³/mol. The van der Waals surface area contributed by atoms with E-state index in [0.29, 0.717) is 5.92 Å². The normalized spacial score (nSPS) is 46.2. The molecule has 6 rings (SSSR count). The molecule has 0 saturated heterocycles. The van der Waals surface area contributed by atoms with Crippen LogP contribution in [-0.2, 0) is 0 Å². The van der Waals surface area contributed by atoms with Crippen molar-refractivity contribution in [1.29, 1.82) is 0 Å². The number of hydrogen-bond donors (Lipinski definition) is 0.